The van der Waals surface area contributed by atoms with Gasteiger partial charge in [0.1, 0.15) is 18.5 Å². The van der Waals surface area contributed by atoms with E-state index in [0.29, 0.717) is 0 Å². The summed E-state index contributed by atoms with van der Waals surface area (Å²) in [6.07, 6.45) is 2.89. The van der Waals surface area contributed by atoms with Crippen molar-refractivity contribution in [3.8, 4) is 17.0 Å². The lowest BCUT2D eigenvalue weighted by Crippen LogP contribution is -2.52. The van der Waals surface area contributed by atoms with Gasteiger partial charge in [-0.1, -0.05) is 25.5 Å². The summed E-state index contributed by atoms with van der Waals surface area (Å²) in [4.78, 5) is 13.7. The molecule has 24 heavy (non-hydrogen) atoms. The number of aromatic nitrogens is 2. The number of ether oxygens (including phenoxy) is 1. The van der Waals surface area contributed by atoms with Gasteiger partial charge in [0.15, 0.2) is 0 Å². The molecule has 0 radical (unpaired) electrons. The van der Waals surface area contributed by atoms with Gasteiger partial charge in [0.2, 0.25) is 5.91 Å². The van der Waals surface area contributed by atoms with E-state index < -0.39 is 6.17 Å². The predicted molar refractivity (Wildman–Crippen MR) is 89.7 cm³/mol. The molecule has 6 heteroatoms. The highest BCUT2D eigenvalue weighted by molar-refractivity contribution is 5.77. The first-order valence-electron chi connectivity index (χ1n) is 8.24. The van der Waals surface area contributed by atoms with Crippen LogP contribution in [0.25, 0.3) is 11.3 Å². The highest BCUT2D eigenvalue weighted by Crippen LogP contribution is 2.31. The zero-order chi connectivity index (χ0) is 17.1. The Labute approximate surface area is 141 Å². The van der Waals surface area contributed by atoms with Gasteiger partial charge in [-0.05, 0) is 24.1 Å². The summed E-state index contributed by atoms with van der Waals surface area (Å²) in [7, 11) is 1.64. The minimum absolute atomic E-state index is 0.0963. The summed E-state index contributed by atoms with van der Waals surface area (Å²) in [6, 6.07) is 7.73. The van der Waals surface area contributed by atoms with E-state index in [0.717, 1.165) is 35.4 Å². The summed E-state index contributed by atoms with van der Waals surface area (Å²) in [5.41, 5.74) is 2.85. The topological polar surface area (TPSA) is 47.4 Å². The highest BCUT2D eigenvalue weighted by Gasteiger charge is 2.30. The fraction of sp³-hybridized carbons (Fsp3) is 0.444. The highest BCUT2D eigenvalue weighted by atomic mass is 19.1. The van der Waals surface area contributed by atoms with Crippen molar-refractivity contribution in [3.63, 3.8) is 0 Å². The second-order valence-corrected chi connectivity index (χ2v) is 6.05. The minimum atomic E-state index is -0.883. The zero-order valence-corrected chi connectivity index (χ0v) is 14.0. The molecule has 0 saturated carbocycles. The van der Waals surface area contributed by atoms with E-state index >= 15 is 0 Å². The van der Waals surface area contributed by atoms with Crippen molar-refractivity contribution >= 4 is 5.91 Å². The van der Waals surface area contributed by atoms with Crippen LogP contribution in [0.3, 0.4) is 0 Å². The van der Waals surface area contributed by atoms with Crippen LogP contribution in [0, 0.1) is 0 Å². The van der Waals surface area contributed by atoms with Gasteiger partial charge in [0.05, 0.1) is 25.9 Å². The van der Waals surface area contributed by atoms with Crippen molar-refractivity contribution in [1.82, 2.24) is 14.7 Å². The molecule has 0 unspecified atom stereocenters. The first-order chi connectivity index (χ1) is 11.6. The summed E-state index contributed by atoms with van der Waals surface area (Å²) >= 11 is 0. The van der Waals surface area contributed by atoms with E-state index in [2.05, 4.69) is 12.0 Å². The van der Waals surface area contributed by atoms with Crippen LogP contribution >= 0.6 is 0 Å². The van der Waals surface area contributed by atoms with Crippen LogP contribution in [0.4, 0.5) is 4.39 Å². The first-order valence-corrected chi connectivity index (χ1v) is 8.24. The Morgan fingerprint density at radius 2 is 2.12 bits per heavy atom. The number of methoxy groups -OCH3 is 1. The number of rotatable bonds is 6. The fourth-order valence-corrected chi connectivity index (χ4v) is 2.93. The van der Waals surface area contributed by atoms with Gasteiger partial charge >= 0.3 is 0 Å². The normalized spacial score (nSPS) is 14.5. The van der Waals surface area contributed by atoms with Gasteiger partial charge in [-0.15, -0.1) is 0 Å². The van der Waals surface area contributed by atoms with Crippen molar-refractivity contribution < 1.29 is 13.9 Å². The Morgan fingerprint density at radius 1 is 1.38 bits per heavy atom. The Balaban J connectivity index is 1.86. The summed E-state index contributed by atoms with van der Waals surface area (Å²) in [5, 5.41) is 4.60. The molecule has 3 rings (SSSR count). The van der Waals surface area contributed by atoms with Crippen LogP contribution < -0.4 is 4.74 Å². The quantitative estimate of drug-likeness (QED) is 0.818. The molecule has 2 aromatic rings. The summed E-state index contributed by atoms with van der Waals surface area (Å²) in [6.45, 7) is 2.64. The molecular weight excluding hydrogens is 309 g/mol. The number of hydrogen-bond acceptors (Lipinski definition) is 3. The van der Waals surface area contributed by atoms with E-state index in [1.54, 1.807) is 11.8 Å². The maximum Gasteiger partial charge on any atom is 0.244 e. The number of carbonyl (C=O) groups excluding carboxylic acids is 1. The van der Waals surface area contributed by atoms with E-state index in [1.807, 2.05) is 30.5 Å². The molecule has 1 aromatic carbocycles. The van der Waals surface area contributed by atoms with Gasteiger partial charge in [-0.2, -0.15) is 5.10 Å². The lowest BCUT2D eigenvalue weighted by atomic mass is 10.0. The second kappa shape index (κ2) is 7.03. The number of carbonyl (C=O) groups is 1. The van der Waals surface area contributed by atoms with Gasteiger partial charge in [-0.3, -0.25) is 9.48 Å². The number of benzene rings is 1. The number of para-hydroxylation sites is 1. The number of aryl methyl sites for hydroxylation is 1. The largest absolute Gasteiger partial charge is 0.496 e. The number of hydrogen-bond donors (Lipinski definition) is 0. The Bertz CT molecular complexity index is 723. The molecule has 128 valence electrons. The molecule has 2 heterocycles. The Morgan fingerprint density at radius 3 is 2.79 bits per heavy atom. The average molecular weight is 331 g/mol. The van der Waals surface area contributed by atoms with Crippen LogP contribution in [0.1, 0.15) is 18.9 Å². The summed E-state index contributed by atoms with van der Waals surface area (Å²) < 4.78 is 20.0. The number of alkyl halides is 1. The van der Waals surface area contributed by atoms with Crippen molar-refractivity contribution in [2.45, 2.75) is 32.5 Å². The van der Waals surface area contributed by atoms with Crippen LogP contribution in [0.15, 0.2) is 30.5 Å². The smallest absolute Gasteiger partial charge is 0.244 e. The molecule has 1 fully saturated rings. The maximum absolute atomic E-state index is 12.9. The lowest BCUT2D eigenvalue weighted by Gasteiger charge is -2.34. The first kappa shape index (κ1) is 16.5. The molecule has 1 aliphatic rings. The van der Waals surface area contributed by atoms with Crippen molar-refractivity contribution in [2.24, 2.45) is 0 Å². The molecule has 0 spiro atoms. The van der Waals surface area contributed by atoms with E-state index in [-0.39, 0.29) is 25.5 Å². The monoisotopic (exact) mass is 331 g/mol. The molecule has 0 N–H and O–H groups in total. The predicted octanol–water partition coefficient (Wildman–Crippen LogP) is 2.69. The standard InChI is InChI=1S/C18H22FN3O2/c1-3-6-13-9-22(12-17(23)21-10-14(19)11-21)20-18(13)15-7-4-5-8-16(15)24-2/h4-5,7-9,14H,3,6,10-12H2,1-2H3. The molecule has 1 aliphatic heterocycles. The van der Waals surface area contributed by atoms with E-state index in [4.69, 9.17) is 4.74 Å². The van der Waals surface area contributed by atoms with E-state index in [9.17, 15) is 9.18 Å². The Kier molecular flexibility index (Phi) is 4.83. The van der Waals surface area contributed by atoms with Crippen molar-refractivity contribution in [1.29, 1.82) is 0 Å². The van der Waals surface area contributed by atoms with Crippen LogP contribution in [0.2, 0.25) is 0 Å². The number of nitrogens with zero attached hydrogens (tertiary/aromatic N) is 3. The van der Waals surface area contributed by atoms with Crippen molar-refractivity contribution in [3.05, 3.63) is 36.0 Å². The van der Waals surface area contributed by atoms with Gasteiger partial charge in [0, 0.05) is 11.8 Å². The third kappa shape index (κ3) is 3.27. The lowest BCUT2D eigenvalue weighted by molar-refractivity contribution is -0.139. The molecule has 5 nitrogen and oxygen atoms in total. The number of amides is 1. The molecular formula is C18H22FN3O2. The van der Waals surface area contributed by atoms with Crippen LogP contribution in [0.5, 0.6) is 5.75 Å². The molecule has 1 saturated heterocycles. The molecule has 0 bridgehead atoms. The zero-order valence-electron chi connectivity index (χ0n) is 14.0. The molecule has 1 aromatic heterocycles. The molecule has 1 amide bonds. The number of likely N-dealkylation sites (tertiary alicyclic amines) is 1. The van der Waals surface area contributed by atoms with Crippen molar-refractivity contribution in [2.75, 3.05) is 20.2 Å². The number of halogens is 1. The molecule has 0 aliphatic carbocycles. The summed E-state index contributed by atoms with van der Waals surface area (Å²) in [5.74, 6) is 0.662. The van der Waals surface area contributed by atoms with Crippen LogP contribution in [-0.2, 0) is 17.8 Å². The molecule has 0 atom stereocenters. The third-order valence-corrected chi connectivity index (χ3v) is 4.21. The van der Waals surface area contributed by atoms with Gasteiger partial charge in [-0.25, -0.2) is 4.39 Å². The Hall–Kier alpha value is -2.37. The second-order valence-electron chi connectivity index (χ2n) is 6.05. The fourth-order valence-electron chi connectivity index (χ4n) is 2.93. The average Bonchev–Trinajstić information content (AvgIpc) is 2.94. The SMILES string of the molecule is CCCc1cn(CC(=O)N2CC(F)C2)nc1-c1ccccc1OC. The van der Waals surface area contributed by atoms with Gasteiger partial charge < -0.3 is 9.64 Å². The van der Waals surface area contributed by atoms with Crippen LogP contribution in [-0.4, -0.2) is 47.0 Å². The minimum Gasteiger partial charge on any atom is -0.496 e. The van der Waals surface area contributed by atoms with Gasteiger partial charge in [0.25, 0.3) is 0 Å². The maximum atomic E-state index is 12.9. The third-order valence-electron chi connectivity index (χ3n) is 4.21. The van der Waals surface area contributed by atoms with E-state index in [1.165, 1.54) is 4.90 Å².